The number of hydrogen-bond acceptors (Lipinski definition) is 4. The van der Waals surface area contributed by atoms with E-state index in [0.717, 1.165) is 0 Å². The van der Waals surface area contributed by atoms with Crippen LogP contribution in [-0.4, -0.2) is 27.3 Å². The van der Waals surface area contributed by atoms with Gasteiger partial charge in [0, 0.05) is 0 Å². The molecule has 6 nitrogen and oxygen atoms in total. The molecule has 0 amide bonds. The Labute approximate surface area is 103 Å². The third-order valence-electron chi connectivity index (χ3n) is 2.59. The minimum atomic E-state index is -0.990. The number of halogens is 1. The van der Waals surface area contributed by atoms with E-state index in [-0.39, 0.29) is 16.6 Å². The molecule has 17 heavy (non-hydrogen) atoms. The number of aliphatic carboxylic acids is 1. The molecule has 0 aliphatic heterocycles. The zero-order valence-corrected chi connectivity index (χ0v) is 10.3. The summed E-state index contributed by atoms with van der Waals surface area (Å²) >= 11 is 5.75. The van der Waals surface area contributed by atoms with Gasteiger partial charge in [0.25, 0.3) is 5.56 Å². The predicted octanol–water partition coefficient (Wildman–Crippen LogP) is 1.33. The molecule has 0 bridgehead atoms. The van der Waals surface area contributed by atoms with Gasteiger partial charge in [-0.05, 0) is 5.92 Å². The summed E-state index contributed by atoms with van der Waals surface area (Å²) in [7, 11) is 0. The highest BCUT2D eigenvalue weighted by Gasteiger charge is 2.24. The molecule has 0 saturated carbocycles. The standard InChI is InChI=1S/C10H14ClN3O3/c1-3-5(2)8(10(16)17)13-6-4-12-14-9(15)7(6)11/h4-5,8H,3H2,1-2H3,(H,16,17)(H2,13,14,15)/t5-,8-/m0/s1. The summed E-state index contributed by atoms with van der Waals surface area (Å²) in [5.41, 5.74) is -0.326. The number of anilines is 1. The third-order valence-corrected chi connectivity index (χ3v) is 2.96. The van der Waals surface area contributed by atoms with Crippen LogP contribution in [0.4, 0.5) is 5.69 Å². The zero-order chi connectivity index (χ0) is 13.0. The van der Waals surface area contributed by atoms with Crippen LogP contribution < -0.4 is 10.9 Å². The molecule has 0 fully saturated rings. The number of carbonyl (C=O) groups is 1. The third kappa shape index (κ3) is 3.20. The van der Waals surface area contributed by atoms with Crippen LogP contribution in [0.15, 0.2) is 11.0 Å². The topological polar surface area (TPSA) is 95.1 Å². The lowest BCUT2D eigenvalue weighted by atomic mass is 9.99. The number of aromatic nitrogens is 2. The minimum Gasteiger partial charge on any atom is -0.480 e. The lowest BCUT2D eigenvalue weighted by Crippen LogP contribution is -2.36. The van der Waals surface area contributed by atoms with Crippen LogP contribution in [0.2, 0.25) is 5.02 Å². The van der Waals surface area contributed by atoms with Crippen LogP contribution in [-0.2, 0) is 4.79 Å². The Hall–Kier alpha value is -1.56. The van der Waals surface area contributed by atoms with E-state index in [0.29, 0.717) is 6.42 Å². The van der Waals surface area contributed by atoms with Gasteiger partial charge in [-0.15, -0.1) is 0 Å². The summed E-state index contributed by atoms with van der Waals surface area (Å²) < 4.78 is 0. The first kappa shape index (κ1) is 13.5. The van der Waals surface area contributed by atoms with Gasteiger partial charge in [-0.25, -0.2) is 9.89 Å². The van der Waals surface area contributed by atoms with E-state index in [1.165, 1.54) is 6.20 Å². The van der Waals surface area contributed by atoms with Crippen LogP contribution in [0.1, 0.15) is 20.3 Å². The maximum atomic E-state index is 11.2. The quantitative estimate of drug-likeness (QED) is 0.742. The summed E-state index contributed by atoms with van der Waals surface area (Å²) in [5.74, 6) is -1.08. The molecule has 1 aromatic heterocycles. The molecule has 7 heteroatoms. The first-order valence-electron chi connectivity index (χ1n) is 5.19. The molecule has 1 aromatic rings. The molecule has 0 spiro atoms. The minimum absolute atomic E-state index is 0.0884. The van der Waals surface area contributed by atoms with E-state index in [2.05, 4.69) is 15.5 Å². The molecular weight excluding hydrogens is 246 g/mol. The Kier molecular flexibility index (Phi) is 4.51. The van der Waals surface area contributed by atoms with Crippen molar-refractivity contribution in [3.05, 3.63) is 21.6 Å². The number of carboxylic acid groups (broad SMARTS) is 1. The van der Waals surface area contributed by atoms with Crippen LogP contribution in [0.3, 0.4) is 0 Å². The van der Waals surface area contributed by atoms with Gasteiger partial charge >= 0.3 is 5.97 Å². The molecule has 1 rings (SSSR count). The van der Waals surface area contributed by atoms with E-state index < -0.39 is 17.6 Å². The van der Waals surface area contributed by atoms with Gasteiger partial charge in [-0.2, -0.15) is 5.10 Å². The van der Waals surface area contributed by atoms with E-state index in [9.17, 15) is 9.59 Å². The fraction of sp³-hybridized carbons (Fsp3) is 0.500. The average Bonchev–Trinajstić information content (AvgIpc) is 2.29. The number of nitrogens with one attached hydrogen (secondary N) is 2. The monoisotopic (exact) mass is 259 g/mol. The van der Waals surface area contributed by atoms with Crippen molar-refractivity contribution >= 4 is 23.3 Å². The Bertz CT molecular complexity index is 460. The summed E-state index contributed by atoms with van der Waals surface area (Å²) in [6.07, 6.45) is 1.99. The molecule has 1 heterocycles. The number of aromatic amines is 1. The molecule has 94 valence electrons. The van der Waals surface area contributed by atoms with E-state index in [1.807, 2.05) is 6.92 Å². The highest BCUT2D eigenvalue weighted by atomic mass is 35.5. The van der Waals surface area contributed by atoms with Gasteiger partial charge in [0.05, 0.1) is 11.9 Å². The summed E-state index contributed by atoms with van der Waals surface area (Å²) in [6, 6.07) is -0.805. The van der Waals surface area contributed by atoms with Gasteiger partial charge in [0.2, 0.25) is 0 Å². The fourth-order valence-corrected chi connectivity index (χ4v) is 1.48. The molecule has 0 aromatic carbocycles. The Balaban J connectivity index is 2.98. The van der Waals surface area contributed by atoms with Gasteiger partial charge in [0.1, 0.15) is 11.1 Å². The first-order valence-corrected chi connectivity index (χ1v) is 5.57. The van der Waals surface area contributed by atoms with Crippen LogP contribution in [0.5, 0.6) is 0 Å². The number of H-pyrrole nitrogens is 1. The van der Waals surface area contributed by atoms with Crippen molar-refractivity contribution in [2.75, 3.05) is 5.32 Å². The van der Waals surface area contributed by atoms with Gasteiger partial charge in [-0.1, -0.05) is 31.9 Å². The van der Waals surface area contributed by atoms with Crippen LogP contribution in [0.25, 0.3) is 0 Å². The maximum absolute atomic E-state index is 11.2. The second-order valence-corrected chi connectivity index (χ2v) is 4.15. The smallest absolute Gasteiger partial charge is 0.326 e. The van der Waals surface area contributed by atoms with E-state index in [1.54, 1.807) is 6.92 Å². The van der Waals surface area contributed by atoms with Gasteiger partial charge in [0.15, 0.2) is 0 Å². The fourth-order valence-electron chi connectivity index (χ4n) is 1.33. The van der Waals surface area contributed by atoms with Crippen molar-refractivity contribution in [2.24, 2.45) is 5.92 Å². The molecule has 3 N–H and O–H groups in total. The largest absolute Gasteiger partial charge is 0.480 e. The Morgan fingerprint density at radius 3 is 2.88 bits per heavy atom. The molecule has 0 unspecified atom stereocenters. The molecule has 2 atom stereocenters. The maximum Gasteiger partial charge on any atom is 0.326 e. The van der Waals surface area contributed by atoms with Gasteiger partial charge in [-0.3, -0.25) is 4.79 Å². The number of hydrogen-bond donors (Lipinski definition) is 3. The number of rotatable bonds is 5. The lowest BCUT2D eigenvalue weighted by molar-refractivity contribution is -0.139. The highest BCUT2D eigenvalue weighted by Crippen LogP contribution is 2.19. The summed E-state index contributed by atoms with van der Waals surface area (Å²) in [6.45, 7) is 3.69. The average molecular weight is 260 g/mol. The van der Waals surface area contributed by atoms with Crippen molar-refractivity contribution in [3.8, 4) is 0 Å². The van der Waals surface area contributed by atoms with Crippen molar-refractivity contribution in [1.29, 1.82) is 0 Å². The number of nitrogens with zero attached hydrogens (tertiary/aromatic N) is 1. The lowest BCUT2D eigenvalue weighted by Gasteiger charge is -2.21. The molecular formula is C10H14ClN3O3. The highest BCUT2D eigenvalue weighted by molar-refractivity contribution is 6.32. The molecule has 0 aliphatic rings. The SMILES string of the molecule is CC[C@H](C)[C@H](Nc1cn[nH]c(=O)c1Cl)C(=O)O. The first-order chi connectivity index (χ1) is 7.97. The van der Waals surface area contributed by atoms with Crippen molar-refractivity contribution in [2.45, 2.75) is 26.3 Å². The Morgan fingerprint density at radius 1 is 1.71 bits per heavy atom. The zero-order valence-electron chi connectivity index (χ0n) is 9.53. The second-order valence-electron chi connectivity index (χ2n) is 3.77. The summed E-state index contributed by atoms with van der Waals surface area (Å²) in [5, 5.41) is 17.4. The number of carboxylic acids is 1. The van der Waals surface area contributed by atoms with E-state index in [4.69, 9.17) is 16.7 Å². The van der Waals surface area contributed by atoms with E-state index >= 15 is 0 Å². The van der Waals surface area contributed by atoms with Crippen molar-refractivity contribution < 1.29 is 9.90 Å². The van der Waals surface area contributed by atoms with Crippen LogP contribution in [0, 0.1) is 5.92 Å². The van der Waals surface area contributed by atoms with Crippen molar-refractivity contribution in [3.63, 3.8) is 0 Å². The van der Waals surface area contributed by atoms with Crippen molar-refractivity contribution in [1.82, 2.24) is 10.2 Å². The molecule has 0 saturated heterocycles. The van der Waals surface area contributed by atoms with Gasteiger partial charge < -0.3 is 10.4 Å². The molecule has 0 aliphatic carbocycles. The predicted molar refractivity (Wildman–Crippen MR) is 64.4 cm³/mol. The second kappa shape index (κ2) is 5.67. The summed E-state index contributed by atoms with van der Waals surface area (Å²) in [4.78, 5) is 22.3. The Morgan fingerprint density at radius 2 is 2.35 bits per heavy atom. The normalized spacial score (nSPS) is 14.1. The molecule has 0 radical (unpaired) electrons. The van der Waals surface area contributed by atoms with Crippen LogP contribution >= 0.6 is 11.6 Å².